The lowest BCUT2D eigenvalue weighted by molar-refractivity contribution is 0.664. The van der Waals surface area contributed by atoms with Crippen molar-refractivity contribution in [3.8, 4) is 16.8 Å². The molecule has 0 N–H and O–H groups in total. The van der Waals surface area contributed by atoms with Crippen LogP contribution in [-0.4, -0.2) is 4.57 Å². The number of hydrogen-bond acceptors (Lipinski definition) is 1. The van der Waals surface area contributed by atoms with Crippen LogP contribution in [0.5, 0.6) is 0 Å². The first kappa shape index (κ1) is 27.9. The highest BCUT2D eigenvalue weighted by Gasteiger charge is 2.40. The van der Waals surface area contributed by atoms with Gasteiger partial charge in [0, 0.05) is 38.9 Å². The van der Waals surface area contributed by atoms with Gasteiger partial charge >= 0.3 is 0 Å². The highest BCUT2D eigenvalue weighted by molar-refractivity contribution is 6.27. The molecule has 49 heavy (non-hydrogen) atoms. The van der Waals surface area contributed by atoms with Crippen LogP contribution in [-0.2, 0) is 5.41 Å². The van der Waals surface area contributed by atoms with E-state index < -0.39 is 0 Å². The standard InChI is InChI=1S/C47H34N2/c1-47(2)41-24-14-13-23-39(41)43-37-21-11-12-22-38(37)44-40-30-36(48(33-17-5-3-6-18-33)34-19-7-4-8-20-34)27-28-42(40)49(46(44)45(43)47)35-26-25-31-15-9-10-16-32(31)29-35/h3-30H,1-2H3. The van der Waals surface area contributed by atoms with Crippen LogP contribution in [0.3, 0.4) is 0 Å². The number of aromatic nitrogens is 1. The van der Waals surface area contributed by atoms with Gasteiger partial charge < -0.3 is 9.47 Å². The molecule has 0 amide bonds. The fourth-order valence-corrected chi connectivity index (χ4v) is 8.55. The van der Waals surface area contributed by atoms with E-state index in [0.29, 0.717) is 0 Å². The second-order valence-corrected chi connectivity index (χ2v) is 13.8. The topological polar surface area (TPSA) is 8.17 Å². The normalized spacial score (nSPS) is 13.3. The van der Waals surface area contributed by atoms with Crippen LogP contribution in [0.4, 0.5) is 17.1 Å². The molecule has 0 aliphatic heterocycles. The Morgan fingerprint density at radius 1 is 0.490 bits per heavy atom. The average Bonchev–Trinajstić information content (AvgIpc) is 3.61. The van der Waals surface area contributed by atoms with E-state index in [1.165, 1.54) is 71.3 Å². The zero-order valence-corrected chi connectivity index (χ0v) is 27.6. The lowest BCUT2D eigenvalue weighted by atomic mass is 9.80. The monoisotopic (exact) mass is 626 g/mol. The molecule has 1 heterocycles. The highest BCUT2D eigenvalue weighted by atomic mass is 15.1. The fraction of sp³-hybridized carbons (Fsp3) is 0.0638. The van der Waals surface area contributed by atoms with Gasteiger partial charge in [0.1, 0.15) is 0 Å². The molecule has 2 nitrogen and oxygen atoms in total. The van der Waals surface area contributed by atoms with E-state index in [1.54, 1.807) is 0 Å². The molecule has 232 valence electrons. The second-order valence-electron chi connectivity index (χ2n) is 13.8. The van der Waals surface area contributed by atoms with Gasteiger partial charge in [-0.05, 0) is 98.4 Å². The molecular formula is C47H34N2. The van der Waals surface area contributed by atoms with Crippen LogP contribution in [0.25, 0.3) is 60.2 Å². The Morgan fingerprint density at radius 2 is 1.12 bits per heavy atom. The van der Waals surface area contributed by atoms with Crippen LogP contribution in [0, 0.1) is 0 Å². The molecule has 0 fully saturated rings. The van der Waals surface area contributed by atoms with E-state index in [1.807, 2.05) is 0 Å². The van der Waals surface area contributed by atoms with Crippen molar-refractivity contribution >= 4 is 60.4 Å². The van der Waals surface area contributed by atoms with Crippen molar-refractivity contribution in [2.75, 3.05) is 4.90 Å². The van der Waals surface area contributed by atoms with Gasteiger partial charge in [0.2, 0.25) is 0 Å². The van der Waals surface area contributed by atoms with Crippen molar-refractivity contribution in [1.29, 1.82) is 0 Å². The maximum absolute atomic E-state index is 2.55. The minimum Gasteiger partial charge on any atom is -0.310 e. The van der Waals surface area contributed by atoms with Crippen molar-refractivity contribution < 1.29 is 0 Å². The number of nitrogens with zero attached hydrogens (tertiary/aromatic N) is 2. The van der Waals surface area contributed by atoms with Gasteiger partial charge in [-0.15, -0.1) is 0 Å². The summed E-state index contributed by atoms with van der Waals surface area (Å²) in [5.41, 5.74) is 12.4. The molecule has 1 aliphatic carbocycles. The van der Waals surface area contributed by atoms with E-state index in [4.69, 9.17) is 0 Å². The minimum absolute atomic E-state index is 0.194. The van der Waals surface area contributed by atoms with E-state index in [-0.39, 0.29) is 5.41 Å². The number of hydrogen-bond donors (Lipinski definition) is 0. The van der Waals surface area contributed by atoms with E-state index in [0.717, 1.165) is 17.1 Å². The lowest BCUT2D eigenvalue weighted by Gasteiger charge is -2.25. The molecule has 10 rings (SSSR count). The third kappa shape index (κ3) is 4.01. The van der Waals surface area contributed by atoms with Gasteiger partial charge in [-0.2, -0.15) is 0 Å². The highest BCUT2D eigenvalue weighted by Crippen LogP contribution is 2.56. The molecule has 0 radical (unpaired) electrons. The lowest BCUT2D eigenvalue weighted by Crippen LogP contribution is -2.16. The molecule has 8 aromatic carbocycles. The summed E-state index contributed by atoms with van der Waals surface area (Å²) >= 11 is 0. The van der Waals surface area contributed by atoms with Gasteiger partial charge in [-0.25, -0.2) is 0 Å². The van der Waals surface area contributed by atoms with E-state index in [9.17, 15) is 0 Å². The predicted molar refractivity (Wildman–Crippen MR) is 208 cm³/mol. The van der Waals surface area contributed by atoms with Gasteiger partial charge in [0.15, 0.2) is 0 Å². The first-order valence-electron chi connectivity index (χ1n) is 17.1. The SMILES string of the molecule is CC1(C)c2ccccc2-c2c1c1c(c3ccccc23)c2cc(N(c3ccccc3)c3ccccc3)ccc2n1-c1ccc2ccccc2c1. The molecule has 0 unspecified atom stereocenters. The van der Waals surface area contributed by atoms with Crippen molar-refractivity contribution in [2.45, 2.75) is 19.3 Å². The van der Waals surface area contributed by atoms with Crippen LogP contribution in [0.2, 0.25) is 0 Å². The number of benzene rings is 8. The summed E-state index contributed by atoms with van der Waals surface area (Å²) in [5.74, 6) is 0. The molecule has 1 aromatic heterocycles. The molecule has 0 bridgehead atoms. The van der Waals surface area contributed by atoms with Crippen molar-refractivity contribution in [3.05, 3.63) is 181 Å². The van der Waals surface area contributed by atoms with Crippen LogP contribution in [0.1, 0.15) is 25.0 Å². The first-order valence-corrected chi connectivity index (χ1v) is 17.1. The smallest absolute Gasteiger partial charge is 0.0594 e. The summed E-state index contributed by atoms with van der Waals surface area (Å²) < 4.78 is 2.55. The summed E-state index contributed by atoms with van der Waals surface area (Å²) in [6, 6.07) is 62.1. The summed E-state index contributed by atoms with van der Waals surface area (Å²) in [7, 11) is 0. The Labute approximate surface area is 286 Å². The average molecular weight is 627 g/mol. The Kier molecular flexibility index (Phi) is 5.95. The molecule has 0 saturated heterocycles. The third-order valence-corrected chi connectivity index (χ3v) is 10.7. The molecule has 0 saturated carbocycles. The zero-order chi connectivity index (χ0) is 32.7. The Bertz CT molecular complexity index is 2700. The van der Waals surface area contributed by atoms with Crippen molar-refractivity contribution in [3.63, 3.8) is 0 Å². The van der Waals surface area contributed by atoms with Gasteiger partial charge in [0.25, 0.3) is 0 Å². The van der Waals surface area contributed by atoms with Crippen LogP contribution >= 0.6 is 0 Å². The number of anilines is 3. The number of fused-ring (bicyclic) bond motifs is 11. The quantitative estimate of drug-likeness (QED) is 0.189. The van der Waals surface area contributed by atoms with Gasteiger partial charge in [-0.1, -0.05) is 129 Å². The van der Waals surface area contributed by atoms with Crippen LogP contribution < -0.4 is 4.90 Å². The summed E-state index contributed by atoms with van der Waals surface area (Å²) in [5, 5.41) is 7.65. The number of rotatable bonds is 4. The van der Waals surface area contributed by atoms with Crippen LogP contribution in [0.15, 0.2) is 170 Å². The predicted octanol–water partition coefficient (Wildman–Crippen LogP) is 12.9. The first-order chi connectivity index (χ1) is 24.1. The summed E-state index contributed by atoms with van der Waals surface area (Å²) in [4.78, 5) is 2.37. The third-order valence-electron chi connectivity index (χ3n) is 10.7. The minimum atomic E-state index is -0.194. The number of para-hydroxylation sites is 2. The largest absolute Gasteiger partial charge is 0.310 e. The van der Waals surface area contributed by atoms with Gasteiger partial charge in [-0.3, -0.25) is 0 Å². The molecule has 0 atom stereocenters. The Hall–Kier alpha value is -6.12. The maximum Gasteiger partial charge on any atom is 0.0594 e. The van der Waals surface area contributed by atoms with E-state index >= 15 is 0 Å². The zero-order valence-electron chi connectivity index (χ0n) is 27.6. The Morgan fingerprint density at radius 3 is 1.88 bits per heavy atom. The molecule has 0 spiro atoms. The van der Waals surface area contributed by atoms with Gasteiger partial charge in [0.05, 0.1) is 11.0 Å². The fourth-order valence-electron chi connectivity index (χ4n) is 8.55. The molecule has 2 heteroatoms. The van der Waals surface area contributed by atoms with Crippen molar-refractivity contribution in [1.82, 2.24) is 4.57 Å². The second kappa shape index (κ2) is 10.4. The summed E-state index contributed by atoms with van der Waals surface area (Å²) in [6.45, 7) is 4.82. The van der Waals surface area contributed by atoms with Crippen molar-refractivity contribution in [2.24, 2.45) is 0 Å². The summed E-state index contributed by atoms with van der Waals surface area (Å²) in [6.07, 6.45) is 0. The maximum atomic E-state index is 2.55. The molecule has 1 aliphatic rings. The molecular weight excluding hydrogens is 593 g/mol. The molecule has 9 aromatic rings. The Balaban J connectivity index is 1.39. The van der Waals surface area contributed by atoms with E-state index in [2.05, 4.69) is 193 Å².